The summed E-state index contributed by atoms with van der Waals surface area (Å²) in [4.78, 5) is 22.2. The van der Waals surface area contributed by atoms with E-state index < -0.39 is 5.97 Å². The van der Waals surface area contributed by atoms with Gasteiger partial charge >= 0.3 is 5.97 Å². The zero-order valence-electron chi connectivity index (χ0n) is 12.0. The lowest BCUT2D eigenvalue weighted by Crippen LogP contribution is -2.30. The zero-order chi connectivity index (χ0) is 14.1. The summed E-state index contributed by atoms with van der Waals surface area (Å²) < 4.78 is 0. The van der Waals surface area contributed by atoms with Crippen LogP contribution in [0.2, 0.25) is 0 Å². The van der Waals surface area contributed by atoms with Gasteiger partial charge in [-0.05, 0) is 25.2 Å². The van der Waals surface area contributed by atoms with E-state index in [1.54, 1.807) is 0 Å². The predicted molar refractivity (Wildman–Crippen MR) is 74.9 cm³/mol. The third-order valence-electron chi connectivity index (χ3n) is 3.98. The number of amides is 1. The van der Waals surface area contributed by atoms with Crippen LogP contribution in [0.4, 0.5) is 0 Å². The lowest BCUT2D eigenvalue weighted by atomic mass is 9.94. The molecule has 0 aromatic carbocycles. The Bertz CT molecular complexity index is 285. The van der Waals surface area contributed by atoms with E-state index in [0.29, 0.717) is 13.0 Å². The first kappa shape index (κ1) is 16.0. The summed E-state index contributed by atoms with van der Waals surface area (Å²) >= 11 is 0. The van der Waals surface area contributed by atoms with Gasteiger partial charge in [0, 0.05) is 18.9 Å². The van der Waals surface area contributed by atoms with Gasteiger partial charge in [0.25, 0.3) is 0 Å². The van der Waals surface area contributed by atoms with Crippen molar-refractivity contribution in [2.45, 2.75) is 64.7 Å². The number of carbonyl (C=O) groups is 2. The lowest BCUT2D eigenvalue weighted by molar-refractivity contribution is -0.137. The minimum Gasteiger partial charge on any atom is -0.481 e. The number of aliphatic carboxylic acids is 1. The third kappa shape index (κ3) is 7.19. The predicted octanol–water partition coefficient (Wildman–Crippen LogP) is 2.96. The van der Waals surface area contributed by atoms with E-state index in [0.717, 1.165) is 25.2 Å². The molecule has 0 spiro atoms. The molecule has 1 unspecified atom stereocenters. The molecule has 0 heterocycles. The van der Waals surface area contributed by atoms with Gasteiger partial charge in [0.2, 0.25) is 5.91 Å². The van der Waals surface area contributed by atoms with Crippen molar-refractivity contribution < 1.29 is 14.7 Å². The van der Waals surface area contributed by atoms with Gasteiger partial charge in [-0.15, -0.1) is 0 Å². The fraction of sp³-hybridized carbons (Fsp3) is 0.867. The molecule has 0 saturated heterocycles. The Morgan fingerprint density at radius 1 is 1.21 bits per heavy atom. The van der Waals surface area contributed by atoms with Gasteiger partial charge in [-0.25, -0.2) is 0 Å². The fourth-order valence-corrected chi connectivity index (χ4v) is 2.82. The first-order chi connectivity index (χ1) is 9.09. The minimum absolute atomic E-state index is 0.113. The zero-order valence-corrected chi connectivity index (χ0v) is 12.0. The maximum atomic E-state index is 11.9. The van der Waals surface area contributed by atoms with Crippen LogP contribution in [0.25, 0.3) is 0 Å². The Hall–Kier alpha value is -1.06. The lowest BCUT2D eigenvalue weighted by Gasteiger charge is -2.16. The van der Waals surface area contributed by atoms with Gasteiger partial charge in [0.1, 0.15) is 0 Å². The summed E-state index contributed by atoms with van der Waals surface area (Å²) in [5, 5.41) is 11.5. The molecule has 1 rings (SSSR count). The summed E-state index contributed by atoms with van der Waals surface area (Å²) in [6, 6.07) is 0. The molecule has 0 bridgehead atoms. The average Bonchev–Trinajstić information content (AvgIpc) is 2.85. The molecule has 0 aliphatic heterocycles. The number of rotatable bonds is 9. The standard InChI is InChI=1S/C15H27NO3/c1-12(11-13-7-4-5-8-13)15(19)16-10-6-2-3-9-14(17)18/h12-13H,2-11H2,1H3,(H,16,19)(H,17,18). The summed E-state index contributed by atoms with van der Waals surface area (Å²) in [5.74, 6) is 0.276. The van der Waals surface area contributed by atoms with E-state index in [-0.39, 0.29) is 18.2 Å². The van der Waals surface area contributed by atoms with Crippen LogP contribution in [-0.2, 0) is 9.59 Å². The summed E-state index contributed by atoms with van der Waals surface area (Å²) in [5.41, 5.74) is 0. The number of unbranched alkanes of at least 4 members (excludes halogenated alkanes) is 2. The van der Waals surface area contributed by atoms with Crippen LogP contribution in [0.5, 0.6) is 0 Å². The molecule has 1 aliphatic carbocycles. The van der Waals surface area contributed by atoms with Gasteiger partial charge in [0.05, 0.1) is 0 Å². The highest BCUT2D eigenvalue weighted by molar-refractivity contribution is 5.78. The number of carboxylic acid groups (broad SMARTS) is 1. The fourth-order valence-electron chi connectivity index (χ4n) is 2.82. The monoisotopic (exact) mass is 269 g/mol. The first-order valence-electron chi connectivity index (χ1n) is 7.59. The molecule has 1 amide bonds. The van der Waals surface area contributed by atoms with Crippen LogP contribution >= 0.6 is 0 Å². The molecular formula is C15H27NO3. The Kier molecular flexibility index (Phi) is 7.53. The van der Waals surface area contributed by atoms with Crippen LogP contribution in [0.1, 0.15) is 64.7 Å². The molecule has 1 saturated carbocycles. The minimum atomic E-state index is -0.741. The van der Waals surface area contributed by atoms with Crippen LogP contribution < -0.4 is 5.32 Å². The SMILES string of the molecule is CC(CC1CCCC1)C(=O)NCCCCCC(=O)O. The average molecular weight is 269 g/mol. The second-order valence-corrected chi connectivity index (χ2v) is 5.78. The molecule has 19 heavy (non-hydrogen) atoms. The molecule has 0 radical (unpaired) electrons. The van der Waals surface area contributed by atoms with Gasteiger partial charge < -0.3 is 10.4 Å². The Balaban J connectivity index is 2.01. The third-order valence-corrected chi connectivity index (χ3v) is 3.98. The van der Waals surface area contributed by atoms with Crippen molar-refractivity contribution in [3.63, 3.8) is 0 Å². The number of hydrogen-bond acceptors (Lipinski definition) is 2. The van der Waals surface area contributed by atoms with Crippen molar-refractivity contribution >= 4 is 11.9 Å². The van der Waals surface area contributed by atoms with Gasteiger partial charge in [0.15, 0.2) is 0 Å². The number of carboxylic acids is 1. The van der Waals surface area contributed by atoms with Crippen molar-refractivity contribution in [3.8, 4) is 0 Å². The summed E-state index contributed by atoms with van der Waals surface area (Å²) in [6.07, 6.45) is 8.89. The van der Waals surface area contributed by atoms with Crippen LogP contribution in [0.15, 0.2) is 0 Å². The molecule has 110 valence electrons. The first-order valence-corrected chi connectivity index (χ1v) is 7.59. The molecule has 0 aromatic rings. The van der Waals surface area contributed by atoms with E-state index in [4.69, 9.17) is 5.11 Å². The topological polar surface area (TPSA) is 66.4 Å². The van der Waals surface area contributed by atoms with Crippen LogP contribution in [0, 0.1) is 11.8 Å². The number of hydrogen-bond donors (Lipinski definition) is 2. The molecular weight excluding hydrogens is 242 g/mol. The molecule has 4 nitrogen and oxygen atoms in total. The number of nitrogens with one attached hydrogen (secondary N) is 1. The molecule has 0 aromatic heterocycles. The second-order valence-electron chi connectivity index (χ2n) is 5.78. The quantitative estimate of drug-likeness (QED) is 0.632. The van der Waals surface area contributed by atoms with Crippen molar-refractivity contribution in [2.24, 2.45) is 11.8 Å². The van der Waals surface area contributed by atoms with Crippen molar-refractivity contribution in [2.75, 3.05) is 6.54 Å². The number of carbonyl (C=O) groups excluding carboxylic acids is 1. The maximum absolute atomic E-state index is 11.9. The Morgan fingerprint density at radius 2 is 1.89 bits per heavy atom. The highest BCUT2D eigenvalue weighted by Crippen LogP contribution is 2.30. The van der Waals surface area contributed by atoms with Gasteiger partial charge in [-0.1, -0.05) is 39.0 Å². The van der Waals surface area contributed by atoms with E-state index in [2.05, 4.69) is 5.32 Å². The van der Waals surface area contributed by atoms with Gasteiger partial charge in [-0.2, -0.15) is 0 Å². The Morgan fingerprint density at radius 3 is 2.53 bits per heavy atom. The molecule has 1 fully saturated rings. The van der Waals surface area contributed by atoms with E-state index in [1.807, 2.05) is 6.92 Å². The highest BCUT2D eigenvalue weighted by Gasteiger charge is 2.21. The van der Waals surface area contributed by atoms with Crippen molar-refractivity contribution in [3.05, 3.63) is 0 Å². The normalized spacial score (nSPS) is 17.3. The second kappa shape index (κ2) is 8.94. The van der Waals surface area contributed by atoms with Crippen molar-refractivity contribution in [1.82, 2.24) is 5.32 Å². The molecule has 4 heteroatoms. The molecule has 1 aliphatic rings. The largest absolute Gasteiger partial charge is 0.481 e. The van der Waals surface area contributed by atoms with E-state index in [1.165, 1.54) is 25.7 Å². The summed E-state index contributed by atoms with van der Waals surface area (Å²) in [6.45, 7) is 2.69. The molecule has 1 atom stereocenters. The summed E-state index contributed by atoms with van der Waals surface area (Å²) in [7, 11) is 0. The van der Waals surface area contributed by atoms with Crippen molar-refractivity contribution in [1.29, 1.82) is 0 Å². The van der Waals surface area contributed by atoms with E-state index in [9.17, 15) is 9.59 Å². The smallest absolute Gasteiger partial charge is 0.303 e. The van der Waals surface area contributed by atoms with Gasteiger partial charge in [-0.3, -0.25) is 9.59 Å². The molecule has 2 N–H and O–H groups in total. The Labute approximate surface area is 116 Å². The van der Waals surface area contributed by atoms with Crippen LogP contribution in [0.3, 0.4) is 0 Å². The van der Waals surface area contributed by atoms with E-state index >= 15 is 0 Å². The van der Waals surface area contributed by atoms with Crippen LogP contribution in [-0.4, -0.2) is 23.5 Å². The highest BCUT2D eigenvalue weighted by atomic mass is 16.4. The maximum Gasteiger partial charge on any atom is 0.303 e.